The maximum absolute atomic E-state index is 13.1. The molecule has 0 unspecified atom stereocenters. The lowest BCUT2D eigenvalue weighted by Crippen LogP contribution is -2.23. The molecule has 0 bridgehead atoms. The third-order valence-corrected chi connectivity index (χ3v) is 5.69. The molecule has 0 aromatic heterocycles. The third kappa shape index (κ3) is 7.80. The average molecular weight is 495 g/mol. The van der Waals surface area contributed by atoms with Gasteiger partial charge < -0.3 is 23.7 Å². The lowest BCUT2D eigenvalue weighted by atomic mass is 10.0. The quantitative estimate of drug-likeness (QED) is 0.375. The third-order valence-electron chi connectivity index (χ3n) is 5.69. The molecular formula is C29H34O7. The van der Waals surface area contributed by atoms with Crippen molar-refractivity contribution in [1.82, 2.24) is 0 Å². The second-order valence-corrected chi connectivity index (χ2v) is 8.66. The topological polar surface area (TPSA) is 80.3 Å². The second kappa shape index (κ2) is 13.6. The Morgan fingerprint density at radius 1 is 1.03 bits per heavy atom. The minimum Gasteiger partial charge on any atom is -0.497 e. The first-order valence-electron chi connectivity index (χ1n) is 12.0. The fourth-order valence-corrected chi connectivity index (χ4v) is 3.82. The van der Waals surface area contributed by atoms with Crippen molar-refractivity contribution in [2.45, 2.75) is 51.9 Å². The molecule has 0 N–H and O–H groups in total. The van der Waals surface area contributed by atoms with E-state index in [1.165, 1.54) is 13.2 Å². The smallest absolute Gasteiger partial charge is 0.342 e. The molecule has 2 atom stereocenters. The molecule has 0 fully saturated rings. The van der Waals surface area contributed by atoms with Gasteiger partial charge >= 0.3 is 5.97 Å². The number of carbonyl (C=O) groups is 2. The fraction of sp³-hybridized carbons (Fsp3) is 0.379. The number of ether oxygens (including phenoxy) is 5. The number of carbonyl (C=O) groups excluding carboxylic acids is 2. The summed E-state index contributed by atoms with van der Waals surface area (Å²) in [6.45, 7) is 4.05. The summed E-state index contributed by atoms with van der Waals surface area (Å²) in [5, 5.41) is 0. The first kappa shape index (κ1) is 27.2. The van der Waals surface area contributed by atoms with Crippen LogP contribution in [0.1, 0.15) is 53.2 Å². The maximum atomic E-state index is 13.1. The van der Waals surface area contributed by atoms with Crippen LogP contribution in [0.5, 0.6) is 11.5 Å². The SMILES string of the molecule is COCOc1cc(C)cc2c1C(=O)O[C@@H](C)C/C=C\C(=O)[C@@H](OCc1ccc(OC)cc1)CCC=C2. The number of aryl methyl sites for hydroxylation is 1. The second-order valence-electron chi connectivity index (χ2n) is 8.66. The molecule has 2 aromatic rings. The molecule has 1 heterocycles. The average Bonchev–Trinajstić information content (AvgIpc) is 2.86. The van der Waals surface area contributed by atoms with E-state index in [0.717, 1.165) is 16.9 Å². The number of cyclic esters (lactones) is 1. The summed E-state index contributed by atoms with van der Waals surface area (Å²) in [6, 6.07) is 11.3. The van der Waals surface area contributed by atoms with Crippen LogP contribution in [-0.4, -0.2) is 45.0 Å². The van der Waals surface area contributed by atoms with Gasteiger partial charge in [0.1, 0.15) is 29.3 Å². The fourth-order valence-electron chi connectivity index (χ4n) is 3.82. The van der Waals surface area contributed by atoms with Crippen molar-refractivity contribution in [3.05, 3.63) is 76.9 Å². The van der Waals surface area contributed by atoms with E-state index >= 15 is 0 Å². The normalized spacial score (nSPS) is 19.7. The highest BCUT2D eigenvalue weighted by Crippen LogP contribution is 2.28. The monoisotopic (exact) mass is 494 g/mol. The summed E-state index contributed by atoms with van der Waals surface area (Å²) in [6.07, 6.45) is 7.50. The van der Waals surface area contributed by atoms with Crippen LogP contribution in [0.4, 0.5) is 0 Å². The van der Waals surface area contributed by atoms with Crippen molar-refractivity contribution < 1.29 is 33.3 Å². The molecule has 7 heteroatoms. The van der Waals surface area contributed by atoms with E-state index in [4.69, 9.17) is 23.7 Å². The number of ketones is 1. The van der Waals surface area contributed by atoms with Crippen LogP contribution in [0.15, 0.2) is 54.6 Å². The minimum absolute atomic E-state index is 0.0144. The summed E-state index contributed by atoms with van der Waals surface area (Å²) in [5.41, 5.74) is 2.93. The number of rotatable bonds is 7. The number of fused-ring (bicyclic) bond motifs is 1. The van der Waals surface area contributed by atoms with Crippen LogP contribution in [0.25, 0.3) is 6.08 Å². The lowest BCUT2D eigenvalue weighted by molar-refractivity contribution is -0.126. The number of hydrogen-bond acceptors (Lipinski definition) is 7. The summed E-state index contributed by atoms with van der Waals surface area (Å²) in [4.78, 5) is 25.9. The van der Waals surface area contributed by atoms with Crippen LogP contribution in [0.3, 0.4) is 0 Å². The van der Waals surface area contributed by atoms with Gasteiger partial charge in [-0.2, -0.15) is 0 Å². The number of methoxy groups -OCH3 is 2. The molecule has 3 rings (SSSR count). The Kier molecular flexibility index (Phi) is 10.3. The van der Waals surface area contributed by atoms with Crippen molar-refractivity contribution in [1.29, 1.82) is 0 Å². The number of allylic oxidation sites excluding steroid dienone is 1. The predicted octanol–water partition coefficient (Wildman–Crippen LogP) is 5.44. The number of hydrogen-bond donors (Lipinski definition) is 0. The molecule has 36 heavy (non-hydrogen) atoms. The Labute approximate surface area is 212 Å². The molecule has 0 spiro atoms. The van der Waals surface area contributed by atoms with Crippen LogP contribution >= 0.6 is 0 Å². The highest BCUT2D eigenvalue weighted by atomic mass is 16.7. The van der Waals surface area contributed by atoms with Gasteiger partial charge in [-0.1, -0.05) is 36.4 Å². The summed E-state index contributed by atoms with van der Waals surface area (Å²) >= 11 is 0. The Balaban J connectivity index is 1.83. The Morgan fingerprint density at radius 2 is 1.81 bits per heavy atom. The van der Waals surface area contributed by atoms with Crippen molar-refractivity contribution in [2.24, 2.45) is 0 Å². The number of esters is 1. The van der Waals surface area contributed by atoms with Gasteiger partial charge in [0.2, 0.25) is 0 Å². The standard InChI is InChI=1S/C29H34O7/c1-20-16-23-9-5-6-11-26(34-18-22-12-14-24(33-4)15-13-22)25(30)10-7-8-21(2)36-29(31)28(23)27(17-20)35-19-32-3/h5,7,9-10,12-17,21,26H,6,8,11,18-19H2,1-4H3/b9-5?,10-7-/t21-,26-/m0/s1. The molecule has 192 valence electrons. The van der Waals surface area contributed by atoms with Crippen molar-refractivity contribution in [3.8, 4) is 11.5 Å². The zero-order chi connectivity index (χ0) is 25.9. The van der Waals surface area contributed by atoms with E-state index in [-0.39, 0.29) is 12.6 Å². The summed E-state index contributed by atoms with van der Waals surface area (Å²) in [7, 11) is 3.14. The van der Waals surface area contributed by atoms with E-state index < -0.39 is 18.2 Å². The predicted molar refractivity (Wildman–Crippen MR) is 137 cm³/mol. The van der Waals surface area contributed by atoms with Gasteiger partial charge in [0.15, 0.2) is 12.6 Å². The molecule has 0 saturated carbocycles. The Morgan fingerprint density at radius 3 is 2.53 bits per heavy atom. The molecule has 0 amide bonds. The van der Waals surface area contributed by atoms with E-state index in [1.54, 1.807) is 26.2 Å². The van der Waals surface area contributed by atoms with E-state index in [1.807, 2.05) is 49.4 Å². The molecular weight excluding hydrogens is 460 g/mol. The highest BCUT2D eigenvalue weighted by molar-refractivity contribution is 5.97. The van der Waals surface area contributed by atoms with Crippen LogP contribution in [-0.2, 0) is 25.6 Å². The summed E-state index contributed by atoms with van der Waals surface area (Å²) < 4.78 is 27.6. The molecule has 1 aliphatic heterocycles. The van der Waals surface area contributed by atoms with Crippen LogP contribution < -0.4 is 9.47 Å². The molecule has 0 saturated heterocycles. The zero-order valence-corrected chi connectivity index (χ0v) is 21.3. The van der Waals surface area contributed by atoms with Gasteiger partial charge in [-0.05, 0) is 67.7 Å². The van der Waals surface area contributed by atoms with Crippen LogP contribution in [0, 0.1) is 6.92 Å². The first-order chi connectivity index (χ1) is 17.4. The molecule has 1 aliphatic rings. The number of benzene rings is 2. The Bertz CT molecular complexity index is 1090. The minimum atomic E-state index is -0.591. The van der Waals surface area contributed by atoms with Gasteiger partial charge in [-0.3, -0.25) is 4.79 Å². The molecule has 0 aliphatic carbocycles. The Hall–Kier alpha value is -3.42. The van der Waals surface area contributed by atoms with E-state index in [0.29, 0.717) is 42.7 Å². The lowest BCUT2D eigenvalue weighted by Gasteiger charge is -2.18. The van der Waals surface area contributed by atoms with Crippen LogP contribution in [0.2, 0.25) is 0 Å². The van der Waals surface area contributed by atoms with Gasteiger partial charge in [0, 0.05) is 13.5 Å². The van der Waals surface area contributed by atoms with Crippen molar-refractivity contribution >= 4 is 17.8 Å². The van der Waals surface area contributed by atoms with E-state index in [2.05, 4.69) is 0 Å². The first-order valence-corrected chi connectivity index (χ1v) is 12.0. The largest absolute Gasteiger partial charge is 0.497 e. The summed E-state index contributed by atoms with van der Waals surface area (Å²) in [5.74, 6) is 0.582. The molecule has 7 nitrogen and oxygen atoms in total. The van der Waals surface area contributed by atoms with E-state index in [9.17, 15) is 9.59 Å². The zero-order valence-electron chi connectivity index (χ0n) is 21.3. The maximum Gasteiger partial charge on any atom is 0.342 e. The van der Waals surface area contributed by atoms with Gasteiger partial charge in [0.25, 0.3) is 0 Å². The van der Waals surface area contributed by atoms with Crippen molar-refractivity contribution in [2.75, 3.05) is 21.0 Å². The van der Waals surface area contributed by atoms with Gasteiger partial charge in [0.05, 0.1) is 13.7 Å². The van der Waals surface area contributed by atoms with Gasteiger partial charge in [-0.25, -0.2) is 4.79 Å². The van der Waals surface area contributed by atoms with Gasteiger partial charge in [-0.15, -0.1) is 0 Å². The molecule has 0 radical (unpaired) electrons. The highest BCUT2D eigenvalue weighted by Gasteiger charge is 2.22. The van der Waals surface area contributed by atoms with Crippen molar-refractivity contribution in [3.63, 3.8) is 0 Å². The molecule has 2 aromatic carbocycles.